The summed E-state index contributed by atoms with van der Waals surface area (Å²) < 4.78 is 20.7. The molecule has 0 fully saturated rings. The van der Waals surface area contributed by atoms with Gasteiger partial charge in [-0.25, -0.2) is 9.37 Å². The third-order valence-electron chi connectivity index (χ3n) is 4.87. The lowest BCUT2D eigenvalue weighted by Crippen LogP contribution is -2.33. The molecule has 0 saturated heterocycles. The van der Waals surface area contributed by atoms with Crippen LogP contribution in [0.1, 0.15) is 39.3 Å². The zero-order valence-corrected chi connectivity index (χ0v) is 20.2. The van der Waals surface area contributed by atoms with Gasteiger partial charge >= 0.3 is 5.97 Å². The smallest absolute Gasteiger partial charge is 0.326 e. The summed E-state index contributed by atoms with van der Waals surface area (Å²) in [5.41, 5.74) is 1.51. The van der Waals surface area contributed by atoms with Crippen LogP contribution in [-0.2, 0) is 16.1 Å². The molecule has 2 aromatic carbocycles. The van der Waals surface area contributed by atoms with Gasteiger partial charge in [0.1, 0.15) is 23.7 Å². The predicted octanol–water partition coefficient (Wildman–Crippen LogP) is 5.29. The maximum absolute atomic E-state index is 14.1. The SMILES string of the molecule is CSc1ncc(N[C@H](C)c2ccc(-c3ccccc3F)cc2)c(=O)n1CC(=O)OC(C)(C)C. The second-order valence-electron chi connectivity index (χ2n) is 8.60. The van der Waals surface area contributed by atoms with Gasteiger partial charge in [0.25, 0.3) is 5.56 Å². The van der Waals surface area contributed by atoms with Crippen LogP contribution in [0.2, 0.25) is 0 Å². The molecule has 6 nitrogen and oxygen atoms in total. The van der Waals surface area contributed by atoms with E-state index in [1.54, 1.807) is 45.2 Å². The van der Waals surface area contributed by atoms with Crippen molar-refractivity contribution in [3.8, 4) is 11.1 Å². The summed E-state index contributed by atoms with van der Waals surface area (Å²) in [6, 6.07) is 13.9. The van der Waals surface area contributed by atoms with Gasteiger partial charge in [0, 0.05) is 11.6 Å². The fraction of sp³-hybridized carbons (Fsp3) is 0.320. The quantitative estimate of drug-likeness (QED) is 0.288. The molecule has 1 heterocycles. The molecule has 1 atom stereocenters. The molecule has 0 aliphatic heterocycles. The van der Waals surface area contributed by atoms with Gasteiger partial charge in [-0.05, 0) is 51.1 Å². The Morgan fingerprint density at radius 3 is 2.45 bits per heavy atom. The number of ether oxygens (including phenoxy) is 1. The van der Waals surface area contributed by atoms with Crippen LogP contribution in [0.5, 0.6) is 0 Å². The fourth-order valence-corrected chi connectivity index (χ4v) is 3.87. The summed E-state index contributed by atoms with van der Waals surface area (Å²) in [4.78, 5) is 29.7. The molecule has 0 amide bonds. The zero-order chi connectivity index (χ0) is 24.2. The first kappa shape index (κ1) is 24.5. The predicted molar refractivity (Wildman–Crippen MR) is 130 cm³/mol. The minimum Gasteiger partial charge on any atom is -0.459 e. The highest BCUT2D eigenvalue weighted by molar-refractivity contribution is 7.98. The van der Waals surface area contributed by atoms with Gasteiger partial charge in [-0.1, -0.05) is 54.2 Å². The van der Waals surface area contributed by atoms with E-state index in [-0.39, 0.29) is 29.7 Å². The van der Waals surface area contributed by atoms with Crippen molar-refractivity contribution in [1.82, 2.24) is 9.55 Å². The van der Waals surface area contributed by atoms with Gasteiger partial charge in [-0.3, -0.25) is 14.2 Å². The van der Waals surface area contributed by atoms with Crippen LogP contribution in [-0.4, -0.2) is 27.4 Å². The lowest BCUT2D eigenvalue weighted by atomic mass is 10.0. The van der Waals surface area contributed by atoms with E-state index in [9.17, 15) is 14.0 Å². The number of carbonyl (C=O) groups excluding carboxylic acids is 1. The molecule has 0 radical (unpaired) electrons. The van der Waals surface area contributed by atoms with Crippen molar-refractivity contribution in [3.63, 3.8) is 0 Å². The molecule has 33 heavy (non-hydrogen) atoms. The summed E-state index contributed by atoms with van der Waals surface area (Å²) in [5.74, 6) is -0.780. The Bertz CT molecular complexity index is 1190. The number of rotatable bonds is 7. The highest BCUT2D eigenvalue weighted by Crippen LogP contribution is 2.25. The van der Waals surface area contributed by atoms with Crippen LogP contribution in [0.25, 0.3) is 11.1 Å². The Balaban J connectivity index is 1.81. The maximum Gasteiger partial charge on any atom is 0.326 e. The van der Waals surface area contributed by atoms with E-state index in [0.717, 1.165) is 11.1 Å². The van der Waals surface area contributed by atoms with E-state index in [4.69, 9.17) is 4.74 Å². The van der Waals surface area contributed by atoms with Crippen LogP contribution in [0.15, 0.2) is 64.7 Å². The summed E-state index contributed by atoms with van der Waals surface area (Å²) >= 11 is 1.28. The summed E-state index contributed by atoms with van der Waals surface area (Å²) in [7, 11) is 0. The molecule has 8 heteroatoms. The third-order valence-corrected chi connectivity index (χ3v) is 5.56. The lowest BCUT2D eigenvalue weighted by molar-refractivity contribution is -0.155. The molecule has 3 aromatic rings. The first-order chi connectivity index (χ1) is 15.6. The number of nitrogens with zero attached hydrogens (tertiary/aromatic N) is 2. The standard InChI is InChI=1S/C25H28FN3O3S/c1-16(17-10-12-18(13-11-17)19-8-6-7-9-20(19)26)28-21-14-27-24(33-5)29(23(21)31)15-22(30)32-25(2,3)4/h6-14,16,28H,15H2,1-5H3/t16-/m1/s1. The van der Waals surface area contributed by atoms with Gasteiger partial charge in [0.2, 0.25) is 0 Å². The van der Waals surface area contributed by atoms with Crippen LogP contribution in [0.3, 0.4) is 0 Å². The first-order valence-corrected chi connectivity index (χ1v) is 11.8. The van der Waals surface area contributed by atoms with Crippen molar-refractivity contribution in [3.05, 3.63) is 76.5 Å². The number of carbonyl (C=O) groups is 1. The van der Waals surface area contributed by atoms with E-state index in [1.165, 1.54) is 28.6 Å². The molecule has 0 unspecified atom stereocenters. The number of esters is 1. The van der Waals surface area contributed by atoms with E-state index < -0.39 is 11.6 Å². The van der Waals surface area contributed by atoms with E-state index in [1.807, 2.05) is 31.2 Å². The molecular weight excluding hydrogens is 441 g/mol. The largest absolute Gasteiger partial charge is 0.459 e. The van der Waals surface area contributed by atoms with Gasteiger partial charge in [0.15, 0.2) is 5.16 Å². The monoisotopic (exact) mass is 469 g/mol. The van der Waals surface area contributed by atoms with Gasteiger partial charge < -0.3 is 10.1 Å². The van der Waals surface area contributed by atoms with Crippen molar-refractivity contribution in [2.45, 2.75) is 51.0 Å². The third kappa shape index (κ3) is 6.22. The van der Waals surface area contributed by atoms with Crippen LogP contribution in [0.4, 0.5) is 10.1 Å². The molecule has 174 valence electrons. The van der Waals surface area contributed by atoms with Crippen LogP contribution < -0.4 is 10.9 Å². The molecular formula is C25H28FN3O3S. The molecule has 0 spiro atoms. The molecule has 0 saturated carbocycles. The van der Waals surface area contributed by atoms with Crippen molar-refractivity contribution in [2.24, 2.45) is 0 Å². The summed E-state index contributed by atoms with van der Waals surface area (Å²) in [6.07, 6.45) is 3.27. The van der Waals surface area contributed by atoms with Gasteiger partial charge in [-0.2, -0.15) is 0 Å². The minimum absolute atomic E-state index is 0.218. The number of aromatic nitrogens is 2. The van der Waals surface area contributed by atoms with Crippen molar-refractivity contribution < 1.29 is 13.9 Å². The number of nitrogens with one attached hydrogen (secondary N) is 1. The number of halogens is 1. The van der Waals surface area contributed by atoms with Crippen LogP contribution >= 0.6 is 11.8 Å². The average Bonchev–Trinajstić information content (AvgIpc) is 2.76. The second-order valence-corrected chi connectivity index (χ2v) is 9.38. The topological polar surface area (TPSA) is 73.2 Å². The Hall–Kier alpha value is -3.13. The number of hydrogen-bond acceptors (Lipinski definition) is 6. The number of anilines is 1. The molecule has 1 aromatic heterocycles. The highest BCUT2D eigenvalue weighted by atomic mass is 32.2. The van der Waals surface area contributed by atoms with Gasteiger partial charge in [0.05, 0.1) is 6.20 Å². The molecule has 1 N–H and O–H groups in total. The van der Waals surface area contributed by atoms with Crippen LogP contribution in [0, 0.1) is 5.82 Å². The Morgan fingerprint density at radius 1 is 1.18 bits per heavy atom. The summed E-state index contributed by atoms with van der Waals surface area (Å²) in [6.45, 7) is 7.02. The van der Waals surface area contributed by atoms with E-state index in [2.05, 4.69) is 10.3 Å². The average molecular weight is 470 g/mol. The maximum atomic E-state index is 14.1. The first-order valence-electron chi connectivity index (χ1n) is 10.6. The lowest BCUT2D eigenvalue weighted by Gasteiger charge is -2.21. The highest BCUT2D eigenvalue weighted by Gasteiger charge is 2.20. The Labute approximate surface area is 197 Å². The van der Waals surface area contributed by atoms with Gasteiger partial charge in [-0.15, -0.1) is 0 Å². The normalized spacial score (nSPS) is 12.3. The van der Waals surface area contributed by atoms with Crippen molar-refractivity contribution in [2.75, 3.05) is 11.6 Å². The minimum atomic E-state index is -0.646. The Morgan fingerprint density at radius 2 is 1.85 bits per heavy atom. The van der Waals surface area contributed by atoms with Crippen molar-refractivity contribution in [1.29, 1.82) is 0 Å². The van der Waals surface area contributed by atoms with Crippen molar-refractivity contribution >= 4 is 23.4 Å². The summed E-state index contributed by atoms with van der Waals surface area (Å²) in [5, 5.41) is 3.61. The molecule has 0 aliphatic carbocycles. The number of thioether (sulfide) groups is 1. The number of hydrogen-bond donors (Lipinski definition) is 1. The van der Waals surface area contributed by atoms with E-state index >= 15 is 0 Å². The molecule has 0 bridgehead atoms. The molecule has 3 rings (SSSR count). The fourth-order valence-electron chi connectivity index (χ4n) is 3.34. The second kappa shape index (κ2) is 10.2. The number of benzene rings is 2. The zero-order valence-electron chi connectivity index (χ0n) is 19.4. The molecule has 0 aliphatic rings. The Kier molecular flexibility index (Phi) is 7.58. The van der Waals surface area contributed by atoms with E-state index in [0.29, 0.717) is 10.7 Å².